The molecule has 3 nitrogen and oxygen atoms in total. The summed E-state index contributed by atoms with van der Waals surface area (Å²) in [5, 5.41) is 0.0923. The van der Waals surface area contributed by atoms with E-state index in [1.165, 1.54) is 6.20 Å². The molecule has 4 heteroatoms. The van der Waals surface area contributed by atoms with Gasteiger partial charge in [0.15, 0.2) is 0 Å². The molecular formula is C8H12N2OS. The van der Waals surface area contributed by atoms with E-state index in [-0.39, 0.29) is 5.25 Å². The molecule has 0 aliphatic rings. The zero-order chi connectivity index (χ0) is 9.14. The minimum atomic E-state index is -1.01. The Morgan fingerprint density at radius 2 is 2.25 bits per heavy atom. The summed E-state index contributed by atoms with van der Waals surface area (Å²) in [6.45, 7) is 3.80. The van der Waals surface area contributed by atoms with Crippen molar-refractivity contribution in [1.29, 1.82) is 0 Å². The molecule has 0 aliphatic carbocycles. The number of nitrogens with two attached hydrogens (primary N) is 1. The van der Waals surface area contributed by atoms with Crippen LogP contribution in [0, 0.1) is 0 Å². The highest BCUT2D eigenvalue weighted by Crippen LogP contribution is 2.16. The standard InChI is InChI=1S/C8H12N2OS/c1-6(2)12(11)8-3-4-10-5-7(8)9/h3-6H,9H2,1-2H3. The maximum Gasteiger partial charge on any atom is 0.0664 e. The molecule has 0 saturated heterocycles. The molecule has 1 aromatic heterocycles. The lowest BCUT2D eigenvalue weighted by Crippen LogP contribution is -2.08. The summed E-state index contributed by atoms with van der Waals surface area (Å²) in [6.07, 6.45) is 3.13. The van der Waals surface area contributed by atoms with Crippen LogP contribution in [-0.4, -0.2) is 14.4 Å². The number of rotatable bonds is 2. The van der Waals surface area contributed by atoms with Crippen molar-refractivity contribution in [3.63, 3.8) is 0 Å². The van der Waals surface area contributed by atoms with E-state index in [0.29, 0.717) is 10.6 Å². The summed E-state index contributed by atoms with van der Waals surface area (Å²) in [5.41, 5.74) is 6.11. The van der Waals surface area contributed by atoms with Gasteiger partial charge in [-0.1, -0.05) is 13.8 Å². The van der Waals surface area contributed by atoms with Gasteiger partial charge in [-0.3, -0.25) is 9.19 Å². The first kappa shape index (κ1) is 9.19. The van der Waals surface area contributed by atoms with Crippen molar-refractivity contribution in [1.82, 2.24) is 4.98 Å². The Balaban J connectivity index is 3.03. The third-order valence-electron chi connectivity index (χ3n) is 1.46. The molecule has 1 heterocycles. The van der Waals surface area contributed by atoms with Crippen LogP contribution in [-0.2, 0) is 10.8 Å². The lowest BCUT2D eigenvalue weighted by atomic mass is 10.4. The van der Waals surface area contributed by atoms with Crippen molar-refractivity contribution < 1.29 is 4.21 Å². The van der Waals surface area contributed by atoms with Gasteiger partial charge in [-0.25, -0.2) is 0 Å². The second-order valence-corrected chi connectivity index (χ2v) is 4.74. The Bertz CT molecular complexity index is 299. The first-order valence-electron chi connectivity index (χ1n) is 3.73. The molecule has 0 bridgehead atoms. The minimum Gasteiger partial charge on any atom is -0.396 e. The van der Waals surface area contributed by atoms with Gasteiger partial charge in [0.25, 0.3) is 0 Å². The Morgan fingerprint density at radius 3 is 2.75 bits per heavy atom. The van der Waals surface area contributed by atoms with Crippen molar-refractivity contribution in [3.8, 4) is 0 Å². The minimum absolute atomic E-state index is 0.0923. The van der Waals surface area contributed by atoms with E-state index in [9.17, 15) is 4.21 Å². The number of nitrogen functional groups attached to an aromatic ring is 1. The first-order valence-corrected chi connectivity index (χ1v) is 4.94. The molecule has 1 rings (SSSR count). The smallest absolute Gasteiger partial charge is 0.0664 e. The number of nitrogens with zero attached hydrogens (tertiary/aromatic N) is 1. The van der Waals surface area contributed by atoms with Crippen molar-refractivity contribution in [2.45, 2.75) is 24.0 Å². The number of pyridine rings is 1. The number of hydrogen-bond acceptors (Lipinski definition) is 3. The predicted molar refractivity (Wildman–Crippen MR) is 50.2 cm³/mol. The van der Waals surface area contributed by atoms with Crippen LogP contribution in [0.4, 0.5) is 5.69 Å². The Morgan fingerprint density at radius 1 is 1.58 bits per heavy atom. The molecule has 0 radical (unpaired) electrons. The fourth-order valence-corrected chi connectivity index (χ4v) is 1.82. The summed E-state index contributed by atoms with van der Waals surface area (Å²) >= 11 is 0. The van der Waals surface area contributed by atoms with Gasteiger partial charge in [0.1, 0.15) is 0 Å². The summed E-state index contributed by atoms with van der Waals surface area (Å²) in [4.78, 5) is 4.51. The van der Waals surface area contributed by atoms with Gasteiger partial charge in [-0.2, -0.15) is 0 Å². The molecule has 0 saturated carbocycles. The second-order valence-electron chi connectivity index (χ2n) is 2.76. The second kappa shape index (κ2) is 3.67. The molecule has 0 aliphatic heterocycles. The van der Waals surface area contributed by atoms with Gasteiger partial charge in [0.2, 0.25) is 0 Å². The van der Waals surface area contributed by atoms with Crippen LogP contribution in [0.15, 0.2) is 23.4 Å². The molecule has 66 valence electrons. The van der Waals surface area contributed by atoms with Crippen molar-refractivity contribution in [2.75, 3.05) is 5.73 Å². The van der Waals surface area contributed by atoms with Crippen LogP contribution in [0.3, 0.4) is 0 Å². The van der Waals surface area contributed by atoms with Crippen LogP contribution in [0.1, 0.15) is 13.8 Å². The van der Waals surface area contributed by atoms with Crippen LogP contribution in [0.25, 0.3) is 0 Å². The van der Waals surface area contributed by atoms with E-state index in [0.717, 1.165) is 0 Å². The largest absolute Gasteiger partial charge is 0.396 e. The molecule has 1 unspecified atom stereocenters. The molecule has 2 N–H and O–H groups in total. The average molecular weight is 184 g/mol. The zero-order valence-electron chi connectivity index (χ0n) is 7.15. The highest BCUT2D eigenvalue weighted by atomic mass is 32.2. The third kappa shape index (κ3) is 1.82. The first-order chi connectivity index (χ1) is 5.63. The van der Waals surface area contributed by atoms with Crippen LogP contribution in [0.5, 0.6) is 0 Å². The lowest BCUT2D eigenvalue weighted by Gasteiger charge is -2.06. The molecule has 0 fully saturated rings. The van der Waals surface area contributed by atoms with Gasteiger partial charge >= 0.3 is 0 Å². The zero-order valence-corrected chi connectivity index (χ0v) is 7.97. The average Bonchev–Trinajstić information content (AvgIpc) is 2.04. The monoisotopic (exact) mass is 184 g/mol. The molecular weight excluding hydrogens is 172 g/mol. The van der Waals surface area contributed by atoms with Gasteiger partial charge in [-0.05, 0) is 6.07 Å². The van der Waals surface area contributed by atoms with E-state index in [1.54, 1.807) is 12.3 Å². The normalized spacial score (nSPS) is 13.2. The Hall–Kier alpha value is -0.900. The van der Waals surface area contributed by atoms with E-state index < -0.39 is 10.8 Å². The predicted octanol–water partition coefficient (Wildman–Crippen LogP) is 1.18. The van der Waals surface area contributed by atoms with Crippen LogP contribution >= 0.6 is 0 Å². The highest BCUT2D eigenvalue weighted by Gasteiger charge is 2.10. The number of anilines is 1. The third-order valence-corrected chi connectivity index (χ3v) is 3.12. The molecule has 0 amide bonds. The fourth-order valence-electron chi connectivity index (χ4n) is 0.831. The fraction of sp³-hybridized carbons (Fsp3) is 0.375. The summed E-state index contributed by atoms with van der Waals surface area (Å²) in [7, 11) is -1.01. The quantitative estimate of drug-likeness (QED) is 0.751. The Kier molecular flexibility index (Phi) is 2.81. The number of aromatic nitrogens is 1. The van der Waals surface area contributed by atoms with E-state index in [2.05, 4.69) is 4.98 Å². The number of hydrogen-bond donors (Lipinski definition) is 1. The van der Waals surface area contributed by atoms with Crippen LogP contribution < -0.4 is 5.73 Å². The topological polar surface area (TPSA) is 56.0 Å². The van der Waals surface area contributed by atoms with Crippen LogP contribution in [0.2, 0.25) is 0 Å². The maximum atomic E-state index is 11.6. The van der Waals surface area contributed by atoms with Crippen molar-refractivity contribution in [3.05, 3.63) is 18.5 Å². The summed E-state index contributed by atoms with van der Waals surface area (Å²) in [5.74, 6) is 0. The molecule has 1 aromatic rings. The van der Waals surface area contributed by atoms with E-state index in [1.807, 2.05) is 13.8 Å². The molecule has 0 aromatic carbocycles. The maximum absolute atomic E-state index is 11.6. The SMILES string of the molecule is CC(C)S(=O)c1ccncc1N. The van der Waals surface area contributed by atoms with Gasteiger partial charge in [0, 0.05) is 11.4 Å². The van der Waals surface area contributed by atoms with Gasteiger partial charge in [0.05, 0.1) is 27.6 Å². The van der Waals surface area contributed by atoms with Gasteiger partial charge < -0.3 is 5.73 Å². The van der Waals surface area contributed by atoms with Gasteiger partial charge in [-0.15, -0.1) is 0 Å². The van der Waals surface area contributed by atoms with E-state index in [4.69, 9.17) is 5.73 Å². The lowest BCUT2D eigenvalue weighted by molar-refractivity contribution is 0.677. The summed E-state index contributed by atoms with van der Waals surface area (Å²) < 4.78 is 11.6. The van der Waals surface area contributed by atoms with Crippen molar-refractivity contribution >= 4 is 16.5 Å². The summed E-state index contributed by atoms with van der Waals surface area (Å²) in [6, 6.07) is 1.70. The highest BCUT2D eigenvalue weighted by molar-refractivity contribution is 7.85. The molecule has 12 heavy (non-hydrogen) atoms. The molecule has 0 spiro atoms. The van der Waals surface area contributed by atoms with E-state index >= 15 is 0 Å². The molecule has 1 atom stereocenters. The van der Waals surface area contributed by atoms with Crippen molar-refractivity contribution in [2.24, 2.45) is 0 Å². The Labute approximate surface area is 74.5 Å².